The minimum absolute atomic E-state index is 0.439. The third-order valence-corrected chi connectivity index (χ3v) is 3.69. The highest BCUT2D eigenvalue weighted by Gasteiger charge is 2.05. The first-order chi connectivity index (χ1) is 8.25. The summed E-state index contributed by atoms with van der Waals surface area (Å²) in [5.41, 5.74) is 2.48. The van der Waals surface area contributed by atoms with Gasteiger partial charge in [0.15, 0.2) is 0 Å². The van der Waals surface area contributed by atoms with Crippen LogP contribution in [-0.4, -0.2) is 11.0 Å². The molecule has 4 heteroatoms. The van der Waals surface area contributed by atoms with Gasteiger partial charge in [-0.3, -0.25) is 4.98 Å². The first-order valence-electron chi connectivity index (χ1n) is 5.58. The van der Waals surface area contributed by atoms with Crippen molar-refractivity contribution in [3.8, 4) is 0 Å². The zero-order valence-corrected chi connectivity index (χ0v) is 11.3. The minimum Gasteiger partial charge on any atom is -0.310 e. The Kier molecular flexibility index (Phi) is 4.54. The molecule has 0 spiro atoms. The number of halogens is 1. The first-order valence-corrected chi connectivity index (χ1v) is 6.90. The molecule has 2 heterocycles. The van der Waals surface area contributed by atoms with Crippen molar-refractivity contribution in [1.82, 2.24) is 10.3 Å². The third-order valence-electron chi connectivity index (χ3n) is 2.62. The minimum atomic E-state index is 0.439. The largest absolute Gasteiger partial charge is 0.310 e. The summed E-state index contributed by atoms with van der Waals surface area (Å²) in [5, 5.41) is 8.50. The highest BCUT2D eigenvalue weighted by atomic mass is 35.5. The maximum atomic E-state index is 6.05. The van der Waals surface area contributed by atoms with Crippen LogP contribution >= 0.6 is 22.9 Å². The molecule has 0 saturated heterocycles. The topological polar surface area (TPSA) is 24.9 Å². The van der Waals surface area contributed by atoms with Crippen LogP contribution in [0.15, 0.2) is 35.3 Å². The van der Waals surface area contributed by atoms with Gasteiger partial charge in [-0.1, -0.05) is 11.6 Å². The summed E-state index contributed by atoms with van der Waals surface area (Å²) in [6.45, 7) is 2.97. The number of nitrogens with one attached hydrogen (secondary N) is 1. The SMILES string of the molecule is CC(Cc1ccsc1)NCc1ccncc1Cl. The van der Waals surface area contributed by atoms with Gasteiger partial charge in [0.1, 0.15) is 0 Å². The maximum absolute atomic E-state index is 6.05. The summed E-state index contributed by atoms with van der Waals surface area (Å²) in [5.74, 6) is 0. The van der Waals surface area contributed by atoms with E-state index in [1.807, 2.05) is 6.07 Å². The average molecular weight is 267 g/mol. The van der Waals surface area contributed by atoms with Crippen LogP contribution in [0.2, 0.25) is 5.02 Å². The van der Waals surface area contributed by atoms with E-state index in [2.05, 4.69) is 34.1 Å². The van der Waals surface area contributed by atoms with Gasteiger partial charge in [0.25, 0.3) is 0 Å². The monoisotopic (exact) mass is 266 g/mol. The molecular weight excluding hydrogens is 252 g/mol. The number of rotatable bonds is 5. The van der Waals surface area contributed by atoms with Crippen molar-refractivity contribution in [2.24, 2.45) is 0 Å². The summed E-state index contributed by atoms with van der Waals surface area (Å²) >= 11 is 7.79. The molecule has 1 unspecified atom stereocenters. The summed E-state index contributed by atoms with van der Waals surface area (Å²) in [6, 6.07) is 4.56. The van der Waals surface area contributed by atoms with Gasteiger partial charge in [0.2, 0.25) is 0 Å². The van der Waals surface area contributed by atoms with Crippen molar-refractivity contribution in [1.29, 1.82) is 0 Å². The van der Waals surface area contributed by atoms with Gasteiger partial charge in [-0.2, -0.15) is 11.3 Å². The van der Waals surface area contributed by atoms with Gasteiger partial charge in [-0.25, -0.2) is 0 Å². The standard InChI is InChI=1S/C13H15ClN2S/c1-10(6-11-3-5-17-9-11)16-7-12-2-4-15-8-13(12)14/h2-5,8-10,16H,6-7H2,1H3. The normalized spacial score (nSPS) is 12.6. The van der Waals surface area contributed by atoms with Gasteiger partial charge in [-0.05, 0) is 47.4 Å². The van der Waals surface area contributed by atoms with Crippen LogP contribution < -0.4 is 5.32 Å². The molecule has 0 saturated carbocycles. The third kappa shape index (κ3) is 3.80. The lowest BCUT2D eigenvalue weighted by Gasteiger charge is -2.13. The molecule has 0 amide bonds. The molecule has 17 heavy (non-hydrogen) atoms. The van der Waals surface area contributed by atoms with Crippen molar-refractivity contribution in [2.75, 3.05) is 0 Å². The van der Waals surface area contributed by atoms with Gasteiger partial charge >= 0.3 is 0 Å². The van der Waals surface area contributed by atoms with Gasteiger partial charge in [-0.15, -0.1) is 0 Å². The Bertz CT molecular complexity index is 456. The van der Waals surface area contributed by atoms with E-state index in [0.29, 0.717) is 6.04 Å². The van der Waals surface area contributed by atoms with E-state index in [0.717, 1.165) is 23.6 Å². The van der Waals surface area contributed by atoms with Crippen LogP contribution in [0.3, 0.4) is 0 Å². The summed E-state index contributed by atoms with van der Waals surface area (Å²) in [6.07, 6.45) is 4.50. The molecule has 0 radical (unpaired) electrons. The number of hydrogen-bond acceptors (Lipinski definition) is 3. The van der Waals surface area contributed by atoms with Crippen LogP contribution in [0, 0.1) is 0 Å². The summed E-state index contributed by atoms with van der Waals surface area (Å²) in [7, 11) is 0. The van der Waals surface area contributed by atoms with Crippen molar-refractivity contribution in [3.05, 3.63) is 51.4 Å². The Morgan fingerprint density at radius 2 is 2.35 bits per heavy atom. The van der Waals surface area contributed by atoms with Crippen molar-refractivity contribution in [2.45, 2.75) is 25.9 Å². The van der Waals surface area contributed by atoms with Crippen LogP contribution in [0.4, 0.5) is 0 Å². The van der Waals surface area contributed by atoms with E-state index in [-0.39, 0.29) is 0 Å². The molecule has 2 aromatic rings. The predicted molar refractivity (Wildman–Crippen MR) is 73.6 cm³/mol. The Hall–Kier alpha value is -0.900. The molecule has 90 valence electrons. The average Bonchev–Trinajstić information content (AvgIpc) is 2.81. The number of pyridine rings is 1. The number of aromatic nitrogens is 1. The van der Waals surface area contributed by atoms with E-state index in [1.165, 1.54) is 5.56 Å². The molecular formula is C13H15ClN2S. The fraction of sp³-hybridized carbons (Fsp3) is 0.308. The molecule has 0 aliphatic carbocycles. The molecule has 2 rings (SSSR count). The second kappa shape index (κ2) is 6.15. The summed E-state index contributed by atoms with van der Waals surface area (Å²) in [4.78, 5) is 3.97. The van der Waals surface area contributed by atoms with E-state index in [4.69, 9.17) is 11.6 Å². The molecule has 0 aliphatic rings. The lowest BCUT2D eigenvalue weighted by Crippen LogP contribution is -2.27. The fourth-order valence-corrected chi connectivity index (χ4v) is 2.53. The van der Waals surface area contributed by atoms with Crippen LogP contribution in [-0.2, 0) is 13.0 Å². The van der Waals surface area contributed by atoms with Crippen molar-refractivity contribution < 1.29 is 0 Å². The van der Waals surface area contributed by atoms with Gasteiger partial charge < -0.3 is 5.32 Å². The predicted octanol–water partition coefficient (Wildman–Crippen LogP) is 3.52. The van der Waals surface area contributed by atoms with E-state index >= 15 is 0 Å². The molecule has 0 aliphatic heterocycles. The van der Waals surface area contributed by atoms with E-state index < -0.39 is 0 Å². The number of hydrogen-bond donors (Lipinski definition) is 1. The van der Waals surface area contributed by atoms with Crippen LogP contribution in [0.25, 0.3) is 0 Å². The Balaban J connectivity index is 1.84. The second-order valence-electron chi connectivity index (χ2n) is 4.08. The molecule has 0 aromatic carbocycles. The highest BCUT2D eigenvalue weighted by Crippen LogP contribution is 2.14. The number of thiophene rings is 1. The Morgan fingerprint density at radius 3 is 3.06 bits per heavy atom. The van der Waals surface area contributed by atoms with Gasteiger partial charge in [0, 0.05) is 25.0 Å². The van der Waals surface area contributed by atoms with E-state index in [1.54, 1.807) is 23.7 Å². The molecule has 1 atom stereocenters. The molecule has 2 aromatic heterocycles. The first kappa shape index (κ1) is 12.6. The van der Waals surface area contributed by atoms with E-state index in [9.17, 15) is 0 Å². The zero-order chi connectivity index (χ0) is 12.1. The maximum Gasteiger partial charge on any atom is 0.0634 e. The van der Waals surface area contributed by atoms with Gasteiger partial charge in [0.05, 0.1) is 5.02 Å². The zero-order valence-electron chi connectivity index (χ0n) is 9.69. The van der Waals surface area contributed by atoms with Crippen LogP contribution in [0.1, 0.15) is 18.1 Å². The highest BCUT2D eigenvalue weighted by molar-refractivity contribution is 7.07. The Morgan fingerprint density at radius 1 is 1.47 bits per heavy atom. The van der Waals surface area contributed by atoms with Crippen molar-refractivity contribution in [3.63, 3.8) is 0 Å². The van der Waals surface area contributed by atoms with Crippen LogP contribution in [0.5, 0.6) is 0 Å². The smallest absolute Gasteiger partial charge is 0.0634 e. The summed E-state index contributed by atoms with van der Waals surface area (Å²) < 4.78 is 0. The number of nitrogens with zero attached hydrogens (tertiary/aromatic N) is 1. The Labute approximate surface area is 111 Å². The molecule has 0 bridgehead atoms. The lowest BCUT2D eigenvalue weighted by molar-refractivity contribution is 0.546. The molecule has 2 nitrogen and oxygen atoms in total. The quantitative estimate of drug-likeness (QED) is 0.896. The molecule has 1 N–H and O–H groups in total. The van der Waals surface area contributed by atoms with Crippen molar-refractivity contribution >= 4 is 22.9 Å². The molecule has 0 fully saturated rings. The fourth-order valence-electron chi connectivity index (χ4n) is 1.67. The lowest BCUT2D eigenvalue weighted by atomic mass is 10.1. The second-order valence-corrected chi connectivity index (χ2v) is 5.27.